The summed E-state index contributed by atoms with van der Waals surface area (Å²) in [5.41, 5.74) is 1.39. The monoisotopic (exact) mass is 210 g/mol. The lowest BCUT2D eigenvalue weighted by Gasteiger charge is -2.18. The summed E-state index contributed by atoms with van der Waals surface area (Å²) in [5, 5.41) is 7.98. The molecule has 1 fully saturated rings. The summed E-state index contributed by atoms with van der Waals surface area (Å²) in [6.45, 7) is 6.79. The topological polar surface area (TPSA) is 15.3 Å². The Balaban J connectivity index is 1.89. The first-order chi connectivity index (χ1) is 6.75. The quantitative estimate of drug-likeness (QED) is 0.823. The van der Waals surface area contributed by atoms with Gasteiger partial charge in [-0.25, -0.2) is 0 Å². The molecule has 2 nitrogen and oxygen atoms in total. The van der Waals surface area contributed by atoms with Crippen LogP contribution < -0.4 is 10.2 Å². The minimum atomic E-state index is 0.599. The van der Waals surface area contributed by atoms with Gasteiger partial charge >= 0.3 is 0 Å². The number of thiophene rings is 1. The molecule has 1 saturated heterocycles. The highest BCUT2D eigenvalue weighted by atomic mass is 32.1. The lowest BCUT2D eigenvalue weighted by molar-refractivity contribution is 0.492. The van der Waals surface area contributed by atoms with Crippen LogP contribution in [0.3, 0.4) is 0 Å². The van der Waals surface area contributed by atoms with E-state index in [1.54, 1.807) is 11.3 Å². The summed E-state index contributed by atoms with van der Waals surface area (Å²) >= 11 is 1.78. The predicted molar refractivity (Wildman–Crippen MR) is 63.2 cm³/mol. The molecule has 78 valence electrons. The van der Waals surface area contributed by atoms with Crippen molar-refractivity contribution >= 4 is 17.0 Å². The molecule has 1 unspecified atom stereocenters. The molecule has 1 aliphatic heterocycles. The van der Waals surface area contributed by atoms with Crippen molar-refractivity contribution < 1.29 is 0 Å². The van der Waals surface area contributed by atoms with Crippen LogP contribution in [0, 0.1) is 0 Å². The van der Waals surface area contributed by atoms with Gasteiger partial charge in [0.15, 0.2) is 0 Å². The Hall–Kier alpha value is -0.540. The van der Waals surface area contributed by atoms with Crippen LogP contribution >= 0.6 is 11.3 Å². The van der Waals surface area contributed by atoms with Crippen LogP contribution in [-0.2, 0) is 0 Å². The van der Waals surface area contributed by atoms with E-state index >= 15 is 0 Å². The average Bonchev–Trinajstić information content (AvgIpc) is 2.69. The molecular weight excluding hydrogens is 192 g/mol. The zero-order valence-corrected chi connectivity index (χ0v) is 9.68. The first kappa shape index (κ1) is 9.99. The van der Waals surface area contributed by atoms with E-state index in [-0.39, 0.29) is 0 Å². The van der Waals surface area contributed by atoms with Gasteiger partial charge in [-0.2, -0.15) is 11.3 Å². The third-order valence-electron chi connectivity index (χ3n) is 2.63. The molecule has 0 spiro atoms. The number of rotatable bonds is 3. The van der Waals surface area contributed by atoms with Crippen LogP contribution in [-0.4, -0.2) is 25.2 Å². The molecule has 0 radical (unpaired) electrons. The van der Waals surface area contributed by atoms with Gasteiger partial charge in [0.2, 0.25) is 0 Å². The smallest absolute Gasteiger partial charge is 0.0475 e. The molecule has 14 heavy (non-hydrogen) atoms. The van der Waals surface area contributed by atoms with Gasteiger partial charge in [0.05, 0.1) is 0 Å². The second-order valence-electron chi connectivity index (χ2n) is 4.23. The highest BCUT2D eigenvalue weighted by Crippen LogP contribution is 2.22. The van der Waals surface area contributed by atoms with Crippen LogP contribution in [0.25, 0.3) is 0 Å². The second-order valence-corrected chi connectivity index (χ2v) is 5.01. The highest BCUT2D eigenvalue weighted by molar-refractivity contribution is 7.08. The van der Waals surface area contributed by atoms with Crippen LogP contribution in [0.1, 0.15) is 20.3 Å². The van der Waals surface area contributed by atoms with E-state index in [2.05, 4.69) is 40.9 Å². The fourth-order valence-corrected chi connectivity index (χ4v) is 2.70. The van der Waals surface area contributed by atoms with Crippen LogP contribution in [0.4, 0.5) is 5.69 Å². The number of hydrogen-bond acceptors (Lipinski definition) is 3. The summed E-state index contributed by atoms with van der Waals surface area (Å²) in [7, 11) is 0. The van der Waals surface area contributed by atoms with Gasteiger partial charge in [0.1, 0.15) is 0 Å². The Morgan fingerprint density at radius 3 is 3.07 bits per heavy atom. The molecule has 0 aromatic carbocycles. The molecule has 0 saturated carbocycles. The normalized spacial score (nSPS) is 22.2. The minimum Gasteiger partial charge on any atom is -0.369 e. The van der Waals surface area contributed by atoms with E-state index < -0.39 is 0 Å². The molecular formula is C11H18N2S. The molecule has 0 aliphatic carbocycles. The van der Waals surface area contributed by atoms with E-state index in [9.17, 15) is 0 Å². The molecule has 1 aromatic heterocycles. The molecule has 2 heterocycles. The van der Waals surface area contributed by atoms with Crippen molar-refractivity contribution in [3.8, 4) is 0 Å². The van der Waals surface area contributed by atoms with Crippen molar-refractivity contribution in [2.24, 2.45) is 0 Å². The molecule has 3 heteroatoms. The van der Waals surface area contributed by atoms with Crippen LogP contribution in [0.15, 0.2) is 16.8 Å². The van der Waals surface area contributed by atoms with Crippen molar-refractivity contribution in [1.82, 2.24) is 5.32 Å². The van der Waals surface area contributed by atoms with Gasteiger partial charge in [0, 0.05) is 36.2 Å². The summed E-state index contributed by atoms with van der Waals surface area (Å²) < 4.78 is 0. The molecule has 1 N–H and O–H groups in total. The van der Waals surface area contributed by atoms with Gasteiger partial charge in [-0.1, -0.05) is 13.8 Å². The molecule has 0 bridgehead atoms. The Labute approximate surface area is 89.9 Å². The molecule has 1 aliphatic rings. The van der Waals surface area contributed by atoms with E-state index in [1.165, 1.54) is 18.7 Å². The summed E-state index contributed by atoms with van der Waals surface area (Å²) in [4.78, 5) is 2.47. The SMILES string of the molecule is CC(C)NC1CCN(c2ccsc2)C1. The lowest BCUT2D eigenvalue weighted by Crippen LogP contribution is -2.36. The highest BCUT2D eigenvalue weighted by Gasteiger charge is 2.22. The molecule has 2 rings (SSSR count). The zero-order chi connectivity index (χ0) is 9.97. The van der Waals surface area contributed by atoms with Gasteiger partial charge in [-0.05, 0) is 17.9 Å². The average molecular weight is 210 g/mol. The Bertz CT molecular complexity index is 269. The van der Waals surface area contributed by atoms with Crippen molar-refractivity contribution in [3.63, 3.8) is 0 Å². The van der Waals surface area contributed by atoms with Gasteiger partial charge < -0.3 is 10.2 Å². The first-order valence-corrected chi connectivity index (χ1v) is 6.23. The summed E-state index contributed by atoms with van der Waals surface area (Å²) in [6.07, 6.45) is 1.27. The molecule has 1 atom stereocenters. The number of hydrogen-bond donors (Lipinski definition) is 1. The van der Waals surface area contributed by atoms with Crippen molar-refractivity contribution in [2.75, 3.05) is 18.0 Å². The summed E-state index contributed by atoms with van der Waals surface area (Å²) in [6, 6.07) is 3.49. The van der Waals surface area contributed by atoms with Crippen molar-refractivity contribution in [3.05, 3.63) is 16.8 Å². The number of anilines is 1. The maximum atomic E-state index is 3.60. The standard InChI is InChI=1S/C11H18N2S/c1-9(2)12-10-3-5-13(7-10)11-4-6-14-8-11/h4,6,8-10,12H,3,5,7H2,1-2H3. The maximum Gasteiger partial charge on any atom is 0.0475 e. The van der Waals surface area contributed by atoms with Crippen LogP contribution in [0.5, 0.6) is 0 Å². The number of nitrogens with zero attached hydrogens (tertiary/aromatic N) is 1. The lowest BCUT2D eigenvalue weighted by atomic mass is 10.2. The van der Waals surface area contributed by atoms with Gasteiger partial charge in [-0.15, -0.1) is 0 Å². The van der Waals surface area contributed by atoms with Crippen molar-refractivity contribution in [1.29, 1.82) is 0 Å². The zero-order valence-electron chi connectivity index (χ0n) is 8.86. The third-order valence-corrected chi connectivity index (χ3v) is 3.30. The fraction of sp³-hybridized carbons (Fsp3) is 0.636. The minimum absolute atomic E-state index is 0.599. The Morgan fingerprint density at radius 2 is 2.43 bits per heavy atom. The summed E-state index contributed by atoms with van der Waals surface area (Å²) in [5.74, 6) is 0. The maximum absolute atomic E-state index is 3.60. The van der Waals surface area contributed by atoms with Gasteiger partial charge in [0.25, 0.3) is 0 Å². The molecule has 0 amide bonds. The molecule has 1 aromatic rings. The Kier molecular flexibility index (Phi) is 3.08. The first-order valence-electron chi connectivity index (χ1n) is 5.29. The fourth-order valence-electron chi connectivity index (χ4n) is 2.04. The van der Waals surface area contributed by atoms with E-state index in [1.807, 2.05) is 0 Å². The van der Waals surface area contributed by atoms with E-state index in [4.69, 9.17) is 0 Å². The van der Waals surface area contributed by atoms with Gasteiger partial charge in [-0.3, -0.25) is 0 Å². The third kappa shape index (κ3) is 2.28. The number of nitrogens with one attached hydrogen (secondary N) is 1. The predicted octanol–water partition coefficient (Wildman–Crippen LogP) is 2.32. The van der Waals surface area contributed by atoms with E-state index in [0.29, 0.717) is 12.1 Å². The Morgan fingerprint density at radius 1 is 1.57 bits per heavy atom. The van der Waals surface area contributed by atoms with Crippen molar-refractivity contribution in [2.45, 2.75) is 32.4 Å². The van der Waals surface area contributed by atoms with Crippen LogP contribution in [0.2, 0.25) is 0 Å². The second kappa shape index (κ2) is 4.32. The largest absolute Gasteiger partial charge is 0.369 e. The van der Waals surface area contributed by atoms with E-state index in [0.717, 1.165) is 6.54 Å².